The van der Waals surface area contributed by atoms with Crippen LogP contribution in [0.5, 0.6) is 0 Å². The predicted octanol–water partition coefficient (Wildman–Crippen LogP) is 8.78. The highest BCUT2D eigenvalue weighted by Crippen LogP contribution is 2.49. The normalized spacial score (nSPS) is 34.7. The third-order valence-corrected chi connectivity index (χ3v) is 11.5. The van der Waals surface area contributed by atoms with Gasteiger partial charge in [-0.25, -0.2) is 0 Å². The van der Waals surface area contributed by atoms with E-state index in [4.69, 9.17) is 0 Å². The fourth-order valence-electron chi connectivity index (χ4n) is 7.97. The van der Waals surface area contributed by atoms with Gasteiger partial charge in [-0.2, -0.15) is 0 Å². The first-order valence-electron chi connectivity index (χ1n) is 16.8. The van der Waals surface area contributed by atoms with Crippen molar-refractivity contribution in [2.24, 2.45) is 57.2 Å². The van der Waals surface area contributed by atoms with Crippen LogP contribution in [0.2, 0.25) is 0 Å². The molecule has 0 aliphatic heterocycles. The minimum Gasteiger partial charge on any atom is -0.351 e. The molecule has 4 nitrogen and oxygen atoms in total. The summed E-state index contributed by atoms with van der Waals surface area (Å²) < 4.78 is 0. The van der Waals surface area contributed by atoms with Gasteiger partial charge in [-0.1, -0.05) is 95.9 Å². The molecule has 2 N–H and O–H groups in total. The molecule has 232 valence electrons. The second-order valence-corrected chi connectivity index (χ2v) is 18.6. The molecule has 0 radical (unpaired) electrons. The van der Waals surface area contributed by atoms with Crippen LogP contribution >= 0.6 is 0 Å². The number of amides is 2. The Balaban J connectivity index is 1.70. The van der Waals surface area contributed by atoms with E-state index in [2.05, 4.69) is 93.7 Å². The first-order chi connectivity index (χ1) is 18.2. The molecular weight excluding hydrogens is 492 g/mol. The topological polar surface area (TPSA) is 58.2 Å². The summed E-state index contributed by atoms with van der Waals surface area (Å²) in [5.41, 5.74) is 0.832. The summed E-state index contributed by atoms with van der Waals surface area (Å²) in [6.45, 7) is 28.0. The summed E-state index contributed by atoms with van der Waals surface area (Å²) in [6.07, 6.45) is 10.5. The van der Waals surface area contributed by atoms with Gasteiger partial charge in [-0.3, -0.25) is 9.59 Å². The second-order valence-electron chi connectivity index (χ2n) is 18.6. The summed E-state index contributed by atoms with van der Waals surface area (Å²) in [5.74, 6) is 2.82. The Morgan fingerprint density at radius 2 is 0.700 bits per heavy atom. The van der Waals surface area contributed by atoms with Crippen molar-refractivity contribution in [3.8, 4) is 0 Å². The van der Waals surface area contributed by atoms with Crippen molar-refractivity contribution in [1.82, 2.24) is 10.6 Å². The van der Waals surface area contributed by atoms with Gasteiger partial charge in [0.05, 0.1) is 0 Å². The molecule has 0 spiro atoms. The van der Waals surface area contributed by atoms with Gasteiger partial charge in [0.15, 0.2) is 0 Å². The van der Waals surface area contributed by atoms with E-state index >= 15 is 0 Å². The van der Waals surface area contributed by atoms with Crippen LogP contribution in [0.25, 0.3) is 0 Å². The molecule has 6 unspecified atom stereocenters. The molecule has 2 amide bonds. The Hall–Kier alpha value is -1.06. The van der Waals surface area contributed by atoms with Gasteiger partial charge >= 0.3 is 0 Å². The van der Waals surface area contributed by atoms with Crippen molar-refractivity contribution >= 4 is 11.8 Å². The first-order valence-corrected chi connectivity index (χ1v) is 16.8. The maximum Gasteiger partial charge on any atom is 0.223 e. The lowest BCUT2D eigenvalue weighted by molar-refractivity contribution is -0.132. The molecule has 3 aliphatic rings. The number of carbonyl (C=O) groups is 2. The lowest BCUT2D eigenvalue weighted by atomic mass is 9.60. The molecule has 3 saturated carbocycles. The Morgan fingerprint density at radius 3 is 0.925 bits per heavy atom. The largest absolute Gasteiger partial charge is 0.351 e. The molecular formula is C36H66N2O2. The van der Waals surface area contributed by atoms with E-state index < -0.39 is 0 Å². The third-order valence-electron chi connectivity index (χ3n) is 11.5. The van der Waals surface area contributed by atoms with Crippen molar-refractivity contribution in [3.63, 3.8) is 0 Å². The minimum atomic E-state index is 0.0497. The second kappa shape index (κ2) is 12.3. The maximum absolute atomic E-state index is 13.8. The summed E-state index contributed by atoms with van der Waals surface area (Å²) in [4.78, 5) is 27.7. The molecule has 0 bridgehead atoms. The Morgan fingerprint density at radius 1 is 0.450 bits per heavy atom. The van der Waals surface area contributed by atoms with E-state index in [1.54, 1.807) is 0 Å². The third kappa shape index (κ3) is 8.73. The zero-order chi connectivity index (χ0) is 30.3. The lowest BCUT2D eigenvalue weighted by Crippen LogP contribution is -2.56. The number of hydrogen-bond donors (Lipinski definition) is 2. The van der Waals surface area contributed by atoms with Crippen LogP contribution < -0.4 is 10.6 Å². The highest BCUT2D eigenvalue weighted by Gasteiger charge is 2.44. The molecule has 3 rings (SSSR count). The van der Waals surface area contributed by atoms with E-state index in [1.807, 2.05) is 0 Å². The number of carbonyl (C=O) groups excluding carboxylic acids is 2. The smallest absolute Gasteiger partial charge is 0.223 e. The monoisotopic (exact) mass is 559 g/mol. The fourth-order valence-corrected chi connectivity index (χ4v) is 7.97. The van der Waals surface area contributed by atoms with Crippen LogP contribution in [0.15, 0.2) is 0 Å². The highest BCUT2D eigenvalue weighted by atomic mass is 16.2. The molecule has 0 saturated heterocycles. The van der Waals surface area contributed by atoms with Gasteiger partial charge in [0.2, 0.25) is 11.8 Å². The van der Waals surface area contributed by atoms with Crippen LogP contribution in [-0.4, -0.2) is 23.9 Å². The Labute approximate surface area is 248 Å². The fraction of sp³-hybridized carbons (Fsp3) is 0.944. The average molecular weight is 559 g/mol. The van der Waals surface area contributed by atoms with Crippen molar-refractivity contribution in [2.45, 2.75) is 159 Å². The zero-order valence-corrected chi connectivity index (χ0v) is 28.5. The van der Waals surface area contributed by atoms with Gasteiger partial charge in [0.25, 0.3) is 0 Å². The van der Waals surface area contributed by atoms with Gasteiger partial charge < -0.3 is 10.6 Å². The molecule has 4 heteroatoms. The van der Waals surface area contributed by atoms with Crippen LogP contribution in [0.4, 0.5) is 0 Å². The van der Waals surface area contributed by atoms with E-state index in [0.717, 1.165) is 51.4 Å². The van der Waals surface area contributed by atoms with Crippen molar-refractivity contribution in [3.05, 3.63) is 0 Å². The van der Waals surface area contributed by atoms with Gasteiger partial charge in [0.1, 0.15) is 0 Å². The van der Waals surface area contributed by atoms with Crippen molar-refractivity contribution < 1.29 is 9.59 Å². The summed E-state index contributed by atoms with van der Waals surface area (Å²) in [5, 5.41) is 7.01. The average Bonchev–Trinajstić information content (AvgIpc) is 2.82. The maximum atomic E-state index is 13.8. The van der Waals surface area contributed by atoms with Crippen LogP contribution in [-0.2, 0) is 9.59 Å². The number of nitrogens with one attached hydrogen (secondary N) is 2. The quantitative estimate of drug-likeness (QED) is 0.362. The number of rotatable bonds is 4. The van der Waals surface area contributed by atoms with Crippen molar-refractivity contribution in [1.29, 1.82) is 0 Å². The van der Waals surface area contributed by atoms with E-state index in [-0.39, 0.29) is 57.4 Å². The van der Waals surface area contributed by atoms with E-state index in [0.29, 0.717) is 23.7 Å². The summed E-state index contributed by atoms with van der Waals surface area (Å²) in [7, 11) is 0. The number of hydrogen-bond acceptors (Lipinski definition) is 2. The molecule has 0 aromatic heterocycles. The van der Waals surface area contributed by atoms with Crippen molar-refractivity contribution in [2.75, 3.05) is 0 Å². The van der Waals surface area contributed by atoms with Gasteiger partial charge in [-0.05, 0) is 96.7 Å². The Kier molecular flexibility index (Phi) is 10.3. The van der Waals surface area contributed by atoms with Crippen LogP contribution in [0.1, 0.15) is 147 Å². The van der Waals surface area contributed by atoms with Crippen LogP contribution in [0, 0.1) is 57.2 Å². The summed E-state index contributed by atoms with van der Waals surface area (Å²) >= 11 is 0. The van der Waals surface area contributed by atoms with Crippen LogP contribution in [0.3, 0.4) is 0 Å². The van der Waals surface area contributed by atoms with E-state index in [1.165, 1.54) is 12.8 Å². The van der Waals surface area contributed by atoms with E-state index in [9.17, 15) is 9.59 Å². The highest BCUT2D eigenvalue weighted by molar-refractivity contribution is 5.80. The van der Waals surface area contributed by atoms with Gasteiger partial charge in [0, 0.05) is 23.9 Å². The Bertz CT molecular complexity index is 749. The molecule has 0 aromatic rings. The lowest BCUT2D eigenvalue weighted by Gasteiger charge is -2.46. The molecule has 0 aromatic carbocycles. The molecule has 0 heterocycles. The SMILES string of the molecule is CC(C)(C)C1CC(C(=O)NC2CCCCC2NC(=O)C2CC(C(C)(C)C)CC(C(C)(C)C)C2)CC(C(C)(C)C)C1. The molecule has 3 fully saturated rings. The zero-order valence-electron chi connectivity index (χ0n) is 28.5. The van der Waals surface area contributed by atoms with Gasteiger partial charge in [-0.15, -0.1) is 0 Å². The standard InChI is InChI=1S/C36H66N2O2/c1-33(2,3)25-17-23(18-26(21-25)34(4,5)6)31(39)37-29-15-13-14-16-30(29)38-32(40)24-19-27(35(7,8)9)22-28(20-24)36(10,11)12/h23-30H,13-22H2,1-12H3,(H,37,39)(H,38,40). The predicted molar refractivity (Wildman–Crippen MR) is 169 cm³/mol. The minimum absolute atomic E-state index is 0.0497. The first kappa shape index (κ1) is 33.4. The summed E-state index contributed by atoms with van der Waals surface area (Å²) in [6, 6.07) is 0.0995. The molecule has 40 heavy (non-hydrogen) atoms. The molecule has 3 aliphatic carbocycles. The molecule has 6 atom stereocenters.